The monoisotopic (exact) mass is 355 g/mol. The van der Waals surface area contributed by atoms with E-state index in [2.05, 4.69) is 10.6 Å². The van der Waals surface area contributed by atoms with Crippen LogP contribution in [-0.4, -0.2) is 49.9 Å². The summed E-state index contributed by atoms with van der Waals surface area (Å²) in [5, 5.41) is 8.21. The SMILES string of the molecule is CNCCN(C)C(=O)C(NC(=O)Cc1ccc2ccccc2c1)C(C)C. The number of carbonyl (C=O) groups is 2. The first-order chi connectivity index (χ1) is 12.4. The largest absolute Gasteiger partial charge is 0.344 e. The number of nitrogens with zero attached hydrogens (tertiary/aromatic N) is 1. The van der Waals surface area contributed by atoms with Crippen molar-refractivity contribution in [3.63, 3.8) is 0 Å². The second-order valence-electron chi connectivity index (χ2n) is 7.01. The quantitative estimate of drug-likeness (QED) is 0.763. The van der Waals surface area contributed by atoms with Crippen molar-refractivity contribution in [1.29, 1.82) is 0 Å². The second kappa shape index (κ2) is 9.34. The van der Waals surface area contributed by atoms with E-state index in [-0.39, 0.29) is 24.2 Å². The molecule has 2 N–H and O–H groups in total. The minimum atomic E-state index is -0.509. The van der Waals surface area contributed by atoms with Crippen molar-refractivity contribution in [3.8, 4) is 0 Å². The highest BCUT2D eigenvalue weighted by atomic mass is 16.2. The van der Waals surface area contributed by atoms with Crippen LogP contribution >= 0.6 is 0 Å². The number of carbonyl (C=O) groups excluding carboxylic acids is 2. The summed E-state index contributed by atoms with van der Waals surface area (Å²) in [6.07, 6.45) is 0.265. The zero-order valence-corrected chi connectivity index (χ0v) is 16.1. The van der Waals surface area contributed by atoms with Gasteiger partial charge in [-0.05, 0) is 29.3 Å². The van der Waals surface area contributed by atoms with E-state index in [1.165, 1.54) is 0 Å². The Hall–Kier alpha value is -2.40. The number of fused-ring (bicyclic) bond motifs is 1. The van der Waals surface area contributed by atoms with E-state index < -0.39 is 6.04 Å². The average molecular weight is 355 g/mol. The number of hydrogen-bond donors (Lipinski definition) is 2. The molecule has 1 atom stereocenters. The Morgan fingerprint density at radius 3 is 2.42 bits per heavy atom. The van der Waals surface area contributed by atoms with Crippen LogP contribution < -0.4 is 10.6 Å². The van der Waals surface area contributed by atoms with Crippen molar-refractivity contribution < 1.29 is 9.59 Å². The third kappa shape index (κ3) is 5.30. The van der Waals surface area contributed by atoms with Gasteiger partial charge in [0, 0.05) is 20.1 Å². The van der Waals surface area contributed by atoms with Crippen LogP contribution in [0.5, 0.6) is 0 Å². The normalized spacial score (nSPS) is 12.2. The van der Waals surface area contributed by atoms with Gasteiger partial charge in [0.05, 0.1) is 6.42 Å². The Balaban J connectivity index is 2.03. The standard InChI is InChI=1S/C21H29N3O2/c1-15(2)20(21(26)24(4)12-11-22-3)23-19(25)14-16-9-10-17-7-5-6-8-18(17)13-16/h5-10,13,15,20,22H,11-12,14H2,1-4H3,(H,23,25). The van der Waals surface area contributed by atoms with E-state index in [0.717, 1.165) is 22.9 Å². The Morgan fingerprint density at radius 2 is 1.77 bits per heavy atom. The number of rotatable bonds is 8. The maximum absolute atomic E-state index is 12.6. The predicted octanol–water partition coefficient (Wildman–Crippen LogP) is 2.20. The fraction of sp³-hybridized carbons (Fsp3) is 0.429. The van der Waals surface area contributed by atoms with Crippen LogP contribution in [0.15, 0.2) is 42.5 Å². The highest BCUT2D eigenvalue weighted by Crippen LogP contribution is 2.16. The maximum atomic E-state index is 12.6. The lowest BCUT2D eigenvalue weighted by Gasteiger charge is -2.27. The molecule has 0 bridgehead atoms. The summed E-state index contributed by atoms with van der Waals surface area (Å²) >= 11 is 0. The van der Waals surface area contributed by atoms with E-state index in [0.29, 0.717) is 6.54 Å². The lowest BCUT2D eigenvalue weighted by atomic mass is 10.0. The van der Waals surface area contributed by atoms with E-state index in [4.69, 9.17) is 0 Å². The molecule has 2 aromatic carbocycles. The number of amides is 2. The molecule has 0 aromatic heterocycles. The summed E-state index contributed by atoms with van der Waals surface area (Å²) in [4.78, 5) is 26.8. The molecule has 140 valence electrons. The summed E-state index contributed by atoms with van der Waals surface area (Å²) in [6.45, 7) is 5.23. The molecule has 2 amide bonds. The van der Waals surface area contributed by atoms with Gasteiger partial charge < -0.3 is 15.5 Å². The topological polar surface area (TPSA) is 61.4 Å². The van der Waals surface area contributed by atoms with Crippen molar-refractivity contribution in [2.45, 2.75) is 26.3 Å². The van der Waals surface area contributed by atoms with Gasteiger partial charge in [-0.15, -0.1) is 0 Å². The predicted molar refractivity (Wildman–Crippen MR) is 106 cm³/mol. The van der Waals surface area contributed by atoms with Crippen molar-refractivity contribution in [2.75, 3.05) is 27.2 Å². The van der Waals surface area contributed by atoms with Crippen molar-refractivity contribution >= 4 is 22.6 Å². The van der Waals surface area contributed by atoms with Crippen LogP contribution in [0.3, 0.4) is 0 Å². The van der Waals surface area contributed by atoms with Crippen LogP contribution in [0.2, 0.25) is 0 Å². The molecule has 0 saturated heterocycles. The van der Waals surface area contributed by atoms with Gasteiger partial charge >= 0.3 is 0 Å². The van der Waals surface area contributed by atoms with Crippen LogP contribution in [0.4, 0.5) is 0 Å². The van der Waals surface area contributed by atoms with Crippen molar-refractivity contribution in [1.82, 2.24) is 15.5 Å². The van der Waals surface area contributed by atoms with Gasteiger partial charge in [-0.3, -0.25) is 9.59 Å². The summed E-state index contributed by atoms with van der Waals surface area (Å²) in [5.41, 5.74) is 0.944. The van der Waals surface area contributed by atoms with Gasteiger partial charge in [0.15, 0.2) is 0 Å². The molecule has 5 heteroatoms. The van der Waals surface area contributed by atoms with E-state index >= 15 is 0 Å². The van der Waals surface area contributed by atoms with Crippen LogP contribution in [0.25, 0.3) is 10.8 Å². The molecule has 2 rings (SSSR count). The zero-order chi connectivity index (χ0) is 19.1. The third-order valence-corrected chi connectivity index (χ3v) is 4.50. The number of nitrogens with one attached hydrogen (secondary N) is 2. The lowest BCUT2D eigenvalue weighted by molar-refractivity contribution is -0.136. The molecule has 5 nitrogen and oxygen atoms in total. The minimum Gasteiger partial charge on any atom is -0.344 e. The number of likely N-dealkylation sites (N-methyl/N-ethyl adjacent to an activating group) is 2. The molecule has 1 unspecified atom stereocenters. The summed E-state index contributed by atoms with van der Waals surface area (Å²) in [6, 6.07) is 13.6. The Kier molecular flexibility index (Phi) is 7.16. The highest BCUT2D eigenvalue weighted by Gasteiger charge is 2.26. The molecule has 2 aromatic rings. The van der Waals surface area contributed by atoms with Crippen LogP contribution in [0, 0.1) is 5.92 Å². The molecule has 0 saturated carbocycles. The summed E-state index contributed by atoms with van der Waals surface area (Å²) < 4.78 is 0. The third-order valence-electron chi connectivity index (χ3n) is 4.50. The Labute approximate surface area is 155 Å². The molecule has 0 aliphatic rings. The molecule has 0 aliphatic heterocycles. The molecule has 0 aliphatic carbocycles. The van der Waals surface area contributed by atoms with Crippen LogP contribution in [0.1, 0.15) is 19.4 Å². The Bertz CT molecular complexity index is 758. The fourth-order valence-electron chi connectivity index (χ4n) is 2.90. The van der Waals surface area contributed by atoms with Gasteiger partial charge in [0.1, 0.15) is 6.04 Å². The van der Waals surface area contributed by atoms with E-state index in [1.54, 1.807) is 11.9 Å². The van der Waals surface area contributed by atoms with Gasteiger partial charge in [0.2, 0.25) is 11.8 Å². The molecule has 0 spiro atoms. The Morgan fingerprint density at radius 1 is 1.08 bits per heavy atom. The fourth-order valence-corrected chi connectivity index (χ4v) is 2.90. The first kappa shape index (κ1) is 19.9. The van der Waals surface area contributed by atoms with Gasteiger partial charge in [-0.25, -0.2) is 0 Å². The minimum absolute atomic E-state index is 0.0279. The first-order valence-electron chi connectivity index (χ1n) is 9.09. The van der Waals surface area contributed by atoms with Gasteiger partial charge in [0.25, 0.3) is 0 Å². The second-order valence-corrected chi connectivity index (χ2v) is 7.01. The average Bonchev–Trinajstić information content (AvgIpc) is 2.63. The highest BCUT2D eigenvalue weighted by molar-refractivity contribution is 5.89. The molecular formula is C21H29N3O2. The zero-order valence-electron chi connectivity index (χ0n) is 16.1. The van der Waals surface area contributed by atoms with Gasteiger partial charge in [-0.2, -0.15) is 0 Å². The molecule has 0 radical (unpaired) electrons. The summed E-state index contributed by atoms with van der Waals surface area (Å²) in [7, 11) is 3.62. The van der Waals surface area contributed by atoms with Crippen molar-refractivity contribution in [2.24, 2.45) is 5.92 Å². The van der Waals surface area contributed by atoms with E-state index in [9.17, 15) is 9.59 Å². The first-order valence-corrected chi connectivity index (χ1v) is 9.09. The van der Waals surface area contributed by atoms with Crippen molar-refractivity contribution in [3.05, 3.63) is 48.0 Å². The molecular weight excluding hydrogens is 326 g/mol. The number of hydrogen-bond acceptors (Lipinski definition) is 3. The maximum Gasteiger partial charge on any atom is 0.245 e. The smallest absolute Gasteiger partial charge is 0.245 e. The van der Waals surface area contributed by atoms with Gasteiger partial charge in [-0.1, -0.05) is 56.3 Å². The van der Waals surface area contributed by atoms with E-state index in [1.807, 2.05) is 63.4 Å². The number of benzene rings is 2. The molecule has 0 fully saturated rings. The summed E-state index contributed by atoms with van der Waals surface area (Å²) in [5.74, 6) is -0.156. The lowest BCUT2D eigenvalue weighted by Crippen LogP contribution is -2.51. The molecule has 26 heavy (non-hydrogen) atoms. The van der Waals surface area contributed by atoms with Crippen LogP contribution in [-0.2, 0) is 16.0 Å². The molecule has 0 heterocycles.